The Labute approximate surface area is 117 Å². The van der Waals surface area contributed by atoms with E-state index in [2.05, 4.69) is 10.3 Å². The van der Waals surface area contributed by atoms with Gasteiger partial charge in [0, 0.05) is 12.1 Å². The number of nitrogens with one attached hydrogen (secondary N) is 2. The number of H-pyrrole nitrogens is 1. The van der Waals surface area contributed by atoms with E-state index in [0.717, 1.165) is 5.69 Å². The molecule has 1 aromatic carbocycles. The first-order valence-electron chi connectivity index (χ1n) is 7.41. The van der Waals surface area contributed by atoms with Crippen molar-refractivity contribution in [3.05, 3.63) is 22.7 Å². The number of rotatable bonds is 2. The van der Waals surface area contributed by atoms with E-state index in [-0.39, 0.29) is 0 Å². The first-order valence-corrected chi connectivity index (χ1v) is 7.41. The first-order chi connectivity index (χ1) is 9.72. The number of oxazole rings is 1. The van der Waals surface area contributed by atoms with Gasteiger partial charge in [0.2, 0.25) is 0 Å². The average molecular weight is 275 g/mol. The number of hydrogen-bond acceptors (Lipinski definition) is 4. The molecule has 2 aromatic rings. The predicted molar refractivity (Wildman–Crippen MR) is 81.0 cm³/mol. The molecule has 1 aromatic heterocycles. The zero-order valence-electron chi connectivity index (χ0n) is 11.6. The van der Waals surface area contributed by atoms with Crippen molar-refractivity contribution in [1.82, 2.24) is 4.98 Å². The Morgan fingerprint density at radius 1 is 1.15 bits per heavy atom. The van der Waals surface area contributed by atoms with Crippen LogP contribution >= 0.6 is 0 Å². The summed E-state index contributed by atoms with van der Waals surface area (Å²) in [7, 11) is 0. The first kappa shape index (κ1) is 13.1. The molecule has 1 aliphatic carbocycles. The molecule has 0 atom stereocenters. The van der Waals surface area contributed by atoms with E-state index < -0.39 is 5.76 Å². The van der Waals surface area contributed by atoms with Crippen LogP contribution in [0.15, 0.2) is 21.3 Å². The van der Waals surface area contributed by atoms with E-state index in [4.69, 9.17) is 10.2 Å². The molecule has 1 heterocycles. The summed E-state index contributed by atoms with van der Waals surface area (Å²) >= 11 is 0. The summed E-state index contributed by atoms with van der Waals surface area (Å²) in [6.07, 6.45) is 8.89. The average Bonchev–Trinajstić information content (AvgIpc) is 2.72. The lowest BCUT2D eigenvalue weighted by atomic mass is 9.96. The molecule has 5 nitrogen and oxygen atoms in total. The second-order valence-corrected chi connectivity index (χ2v) is 5.64. The minimum absolute atomic E-state index is 0.442. The molecule has 0 amide bonds. The van der Waals surface area contributed by atoms with E-state index in [0.29, 0.717) is 22.8 Å². The quantitative estimate of drug-likeness (QED) is 0.735. The second-order valence-electron chi connectivity index (χ2n) is 5.64. The fourth-order valence-electron chi connectivity index (χ4n) is 2.96. The number of nitrogens with two attached hydrogens (primary N) is 1. The van der Waals surface area contributed by atoms with Gasteiger partial charge in [-0.05, 0) is 18.9 Å². The molecule has 0 bridgehead atoms. The van der Waals surface area contributed by atoms with Gasteiger partial charge in [0.1, 0.15) is 0 Å². The topological polar surface area (TPSA) is 84.0 Å². The van der Waals surface area contributed by atoms with Crippen molar-refractivity contribution >= 4 is 22.5 Å². The number of aromatic nitrogens is 1. The molecule has 20 heavy (non-hydrogen) atoms. The van der Waals surface area contributed by atoms with Crippen LogP contribution in [0.5, 0.6) is 0 Å². The molecule has 1 saturated carbocycles. The van der Waals surface area contributed by atoms with E-state index in [1.165, 1.54) is 44.9 Å². The normalized spacial score (nSPS) is 17.8. The highest BCUT2D eigenvalue weighted by atomic mass is 16.4. The largest absolute Gasteiger partial charge is 0.417 e. The fourth-order valence-corrected chi connectivity index (χ4v) is 2.96. The Bertz CT molecular complexity index is 636. The number of aromatic amines is 1. The van der Waals surface area contributed by atoms with Crippen LogP contribution in [0, 0.1) is 0 Å². The van der Waals surface area contributed by atoms with Gasteiger partial charge in [0.15, 0.2) is 5.58 Å². The number of hydrogen-bond donors (Lipinski definition) is 3. The van der Waals surface area contributed by atoms with Crippen molar-refractivity contribution < 1.29 is 4.42 Å². The number of anilines is 2. The van der Waals surface area contributed by atoms with E-state index >= 15 is 0 Å². The third kappa shape index (κ3) is 2.81. The van der Waals surface area contributed by atoms with Crippen LogP contribution in [0.1, 0.15) is 44.9 Å². The third-order valence-corrected chi connectivity index (χ3v) is 4.06. The Kier molecular flexibility index (Phi) is 3.67. The summed E-state index contributed by atoms with van der Waals surface area (Å²) in [5.41, 5.74) is 8.76. The lowest BCUT2D eigenvalue weighted by molar-refractivity contribution is 0.471. The van der Waals surface area contributed by atoms with Crippen molar-refractivity contribution in [2.24, 2.45) is 0 Å². The van der Waals surface area contributed by atoms with Crippen LogP contribution in [-0.4, -0.2) is 11.0 Å². The van der Waals surface area contributed by atoms with Crippen LogP contribution in [0.3, 0.4) is 0 Å². The van der Waals surface area contributed by atoms with Gasteiger partial charge in [-0.15, -0.1) is 0 Å². The zero-order valence-corrected chi connectivity index (χ0v) is 11.6. The molecule has 3 rings (SSSR count). The smallest absolute Gasteiger partial charge is 0.408 e. The monoisotopic (exact) mass is 275 g/mol. The van der Waals surface area contributed by atoms with Crippen LogP contribution in [0.2, 0.25) is 0 Å². The van der Waals surface area contributed by atoms with Gasteiger partial charge in [0.25, 0.3) is 0 Å². The maximum Gasteiger partial charge on any atom is 0.417 e. The van der Waals surface area contributed by atoms with E-state index in [1.54, 1.807) is 6.07 Å². The van der Waals surface area contributed by atoms with Crippen molar-refractivity contribution in [3.63, 3.8) is 0 Å². The molecule has 0 spiro atoms. The fraction of sp³-hybridized carbons (Fsp3) is 0.533. The van der Waals surface area contributed by atoms with E-state index in [9.17, 15) is 4.79 Å². The molecule has 0 radical (unpaired) electrons. The van der Waals surface area contributed by atoms with E-state index in [1.807, 2.05) is 6.07 Å². The molecule has 1 aliphatic rings. The molecule has 5 heteroatoms. The van der Waals surface area contributed by atoms with Crippen LogP contribution in [0.25, 0.3) is 11.1 Å². The van der Waals surface area contributed by atoms with Crippen LogP contribution in [0.4, 0.5) is 11.4 Å². The van der Waals surface area contributed by atoms with Gasteiger partial charge in [-0.3, -0.25) is 4.98 Å². The van der Waals surface area contributed by atoms with Gasteiger partial charge in [0.05, 0.1) is 16.9 Å². The minimum atomic E-state index is -0.442. The lowest BCUT2D eigenvalue weighted by Crippen LogP contribution is -2.21. The molecular weight excluding hydrogens is 254 g/mol. The van der Waals surface area contributed by atoms with Crippen molar-refractivity contribution in [2.45, 2.75) is 51.0 Å². The Morgan fingerprint density at radius 2 is 1.85 bits per heavy atom. The molecular formula is C15H21N3O2. The van der Waals surface area contributed by atoms with Gasteiger partial charge in [-0.2, -0.15) is 0 Å². The van der Waals surface area contributed by atoms with Crippen LogP contribution < -0.4 is 16.8 Å². The highest BCUT2D eigenvalue weighted by Crippen LogP contribution is 2.27. The molecule has 0 unspecified atom stereocenters. The molecule has 108 valence electrons. The highest BCUT2D eigenvalue weighted by Gasteiger charge is 2.13. The molecule has 0 aliphatic heterocycles. The molecule has 1 fully saturated rings. The maximum atomic E-state index is 11.2. The van der Waals surface area contributed by atoms with Crippen molar-refractivity contribution in [1.29, 1.82) is 0 Å². The summed E-state index contributed by atoms with van der Waals surface area (Å²) in [5.74, 6) is -0.442. The predicted octanol–water partition coefficient (Wildman–Crippen LogP) is 3.23. The summed E-state index contributed by atoms with van der Waals surface area (Å²) in [5, 5.41) is 3.53. The second kappa shape index (κ2) is 5.61. The Balaban J connectivity index is 1.81. The summed E-state index contributed by atoms with van der Waals surface area (Å²) in [4.78, 5) is 13.9. The van der Waals surface area contributed by atoms with Crippen molar-refractivity contribution in [2.75, 3.05) is 11.1 Å². The minimum Gasteiger partial charge on any atom is -0.408 e. The standard InChI is InChI=1S/C15H21N3O2/c16-11-8-14-13(18-15(19)20-14)9-12(11)17-10-6-4-2-1-3-5-7-10/h8-10,17H,1-7,16H2,(H,18,19). The van der Waals surface area contributed by atoms with Gasteiger partial charge < -0.3 is 15.5 Å². The molecule has 0 saturated heterocycles. The SMILES string of the molecule is Nc1cc2oc(=O)[nH]c2cc1NC1CCCCCCC1. The summed E-state index contributed by atoms with van der Waals surface area (Å²) in [6.45, 7) is 0. The van der Waals surface area contributed by atoms with Crippen molar-refractivity contribution in [3.8, 4) is 0 Å². The number of benzene rings is 1. The summed E-state index contributed by atoms with van der Waals surface area (Å²) < 4.78 is 5.01. The van der Waals surface area contributed by atoms with Crippen LogP contribution in [-0.2, 0) is 0 Å². The number of fused-ring (bicyclic) bond motifs is 1. The highest BCUT2D eigenvalue weighted by molar-refractivity contribution is 5.85. The molecule has 4 N–H and O–H groups in total. The Morgan fingerprint density at radius 3 is 2.60 bits per heavy atom. The lowest BCUT2D eigenvalue weighted by Gasteiger charge is -2.22. The summed E-state index contributed by atoms with van der Waals surface area (Å²) in [6, 6.07) is 4.04. The van der Waals surface area contributed by atoms with Gasteiger partial charge in [-0.25, -0.2) is 4.79 Å². The third-order valence-electron chi connectivity index (χ3n) is 4.06. The maximum absolute atomic E-state index is 11.2. The van der Waals surface area contributed by atoms with Gasteiger partial charge >= 0.3 is 5.76 Å². The zero-order chi connectivity index (χ0) is 13.9. The Hall–Kier alpha value is -1.91. The van der Waals surface area contributed by atoms with Gasteiger partial charge in [-0.1, -0.05) is 32.1 Å². The number of nitrogen functional groups attached to an aromatic ring is 1.